The molecule has 0 amide bonds. The minimum absolute atomic E-state index is 0.131. The highest BCUT2D eigenvalue weighted by molar-refractivity contribution is 7.20. The third-order valence-corrected chi connectivity index (χ3v) is 7.74. The number of nitrogens with one attached hydrogen (secondary N) is 1. The van der Waals surface area contributed by atoms with Gasteiger partial charge < -0.3 is 20.1 Å². The highest BCUT2D eigenvalue weighted by atomic mass is 32.1. The summed E-state index contributed by atoms with van der Waals surface area (Å²) in [5.41, 5.74) is 1.77. The van der Waals surface area contributed by atoms with E-state index in [-0.39, 0.29) is 5.75 Å². The first-order valence-corrected chi connectivity index (χ1v) is 13.0. The van der Waals surface area contributed by atoms with E-state index in [4.69, 9.17) is 14.8 Å². The Kier molecular flexibility index (Phi) is 6.59. The van der Waals surface area contributed by atoms with Gasteiger partial charge in [-0.1, -0.05) is 37.5 Å². The van der Waals surface area contributed by atoms with Gasteiger partial charge in [0.2, 0.25) is 10.1 Å². The van der Waals surface area contributed by atoms with Crippen molar-refractivity contribution in [2.45, 2.75) is 51.5 Å². The van der Waals surface area contributed by atoms with Gasteiger partial charge in [-0.15, -0.1) is 5.10 Å². The Bertz CT molecular complexity index is 1080. The fraction of sp³-hybridized carbons (Fsp3) is 0.583. The molecule has 5 rings (SSSR count). The number of ether oxygens (including phenoxy) is 1. The summed E-state index contributed by atoms with van der Waals surface area (Å²) in [7, 11) is 1.57. The number of nitrogens with zero attached hydrogens (tertiary/aromatic N) is 5. The van der Waals surface area contributed by atoms with E-state index >= 15 is 0 Å². The second-order valence-corrected chi connectivity index (χ2v) is 10.0. The van der Waals surface area contributed by atoms with E-state index < -0.39 is 0 Å². The summed E-state index contributed by atoms with van der Waals surface area (Å²) < 4.78 is 7.34. The lowest BCUT2D eigenvalue weighted by molar-refractivity contribution is 0.258. The fourth-order valence-electron chi connectivity index (χ4n) is 4.94. The number of rotatable bonds is 7. The molecule has 1 aliphatic carbocycles. The van der Waals surface area contributed by atoms with Crippen LogP contribution in [0, 0.1) is 0 Å². The molecule has 1 saturated heterocycles. The van der Waals surface area contributed by atoms with Crippen LogP contribution in [0.1, 0.15) is 45.4 Å². The fourth-order valence-corrected chi connectivity index (χ4v) is 5.89. The third-order valence-electron chi connectivity index (χ3n) is 6.77. The quantitative estimate of drug-likeness (QED) is 0.528. The van der Waals surface area contributed by atoms with Gasteiger partial charge in [0.15, 0.2) is 17.3 Å². The minimum atomic E-state index is 0.131. The van der Waals surface area contributed by atoms with Crippen LogP contribution < -0.4 is 15.0 Å². The highest BCUT2D eigenvalue weighted by Gasteiger charge is 2.25. The maximum absolute atomic E-state index is 10.1. The zero-order valence-corrected chi connectivity index (χ0v) is 20.4. The molecule has 3 heterocycles. The highest BCUT2D eigenvalue weighted by Crippen LogP contribution is 2.38. The van der Waals surface area contributed by atoms with Crippen molar-refractivity contribution in [2.75, 3.05) is 50.1 Å². The Hall–Kier alpha value is -2.52. The number of aromatic nitrogens is 3. The molecule has 2 fully saturated rings. The van der Waals surface area contributed by atoms with Crippen LogP contribution in [0.15, 0.2) is 18.2 Å². The summed E-state index contributed by atoms with van der Waals surface area (Å²) in [5, 5.41) is 19.9. The monoisotopic (exact) mass is 470 g/mol. The molecule has 1 aliphatic heterocycles. The molecule has 0 bridgehead atoms. The zero-order chi connectivity index (χ0) is 22.8. The number of aromatic hydroxyl groups is 1. The summed E-state index contributed by atoms with van der Waals surface area (Å²) in [4.78, 5) is 10.8. The molecule has 2 aliphatic rings. The summed E-state index contributed by atoms with van der Waals surface area (Å²) in [6.07, 6.45) is 7.36. The molecule has 0 atom stereocenters. The summed E-state index contributed by atoms with van der Waals surface area (Å²) in [5.74, 6) is 1.52. The molecule has 33 heavy (non-hydrogen) atoms. The number of benzene rings is 1. The number of phenols is 1. The number of anilines is 2. The van der Waals surface area contributed by atoms with Crippen molar-refractivity contribution in [1.82, 2.24) is 19.5 Å². The Morgan fingerprint density at radius 3 is 2.67 bits per heavy atom. The average molecular weight is 471 g/mol. The van der Waals surface area contributed by atoms with Crippen LogP contribution in [0.4, 0.5) is 10.9 Å². The van der Waals surface area contributed by atoms with Gasteiger partial charge in [0.05, 0.1) is 7.11 Å². The van der Waals surface area contributed by atoms with Gasteiger partial charge in [-0.25, -0.2) is 4.98 Å². The largest absolute Gasteiger partial charge is 0.504 e. The van der Waals surface area contributed by atoms with Crippen LogP contribution in [-0.4, -0.2) is 70.5 Å². The lowest BCUT2D eigenvalue weighted by Gasteiger charge is -2.34. The molecule has 1 aromatic carbocycles. The van der Waals surface area contributed by atoms with Crippen molar-refractivity contribution in [3.63, 3.8) is 0 Å². The molecule has 0 radical (unpaired) electrons. The second kappa shape index (κ2) is 9.77. The lowest BCUT2D eigenvalue weighted by Crippen LogP contribution is -2.46. The third kappa shape index (κ3) is 4.61. The van der Waals surface area contributed by atoms with Crippen molar-refractivity contribution in [1.29, 1.82) is 0 Å². The van der Waals surface area contributed by atoms with Crippen molar-refractivity contribution in [3.05, 3.63) is 18.2 Å². The number of imidazole rings is 1. The number of methoxy groups -OCH3 is 1. The van der Waals surface area contributed by atoms with E-state index in [0.717, 1.165) is 53.3 Å². The van der Waals surface area contributed by atoms with Crippen molar-refractivity contribution in [2.24, 2.45) is 0 Å². The molecular formula is C24H34N6O2S. The van der Waals surface area contributed by atoms with Crippen molar-refractivity contribution in [3.8, 4) is 22.8 Å². The average Bonchev–Trinajstić information content (AvgIpc) is 3.40. The first kappa shape index (κ1) is 22.3. The molecule has 178 valence electrons. The van der Waals surface area contributed by atoms with Crippen LogP contribution in [-0.2, 0) is 0 Å². The van der Waals surface area contributed by atoms with Crippen LogP contribution in [0.3, 0.4) is 0 Å². The van der Waals surface area contributed by atoms with Gasteiger partial charge in [-0.2, -0.15) is 4.52 Å². The number of phenolic OH excluding ortho intramolecular Hbond substituents is 1. The van der Waals surface area contributed by atoms with Crippen LogP contribution in [0.2, 0.25) is 0 Å². The van der Waals surface area contributed by atoms with Gasteiger partial charge in [-0.3, -0.25) is 4.90 Å². The van der Waals surface area contributed by atoms with Crippen LogP contribution in [0.25, 0.3) is 16.2 Å². The predicted molar refractivity (Wildman–Crippen MR) is 134 cm³/mol. The Morgan fingerprint density at radius 2 is 1.94 bits per heavy atom. The van der Waals surface area contributed by atoms with E-state index in [0.29, 0.717) is 11.8 Å². The molecular weight excluding hydrogens is 436 g/mol. The zero-order valence-electron chi connectivity index (χ0n) is 19.6. The molecule has 2 N–H and O–H groups in total. The smallest absolute Gasteiger partial charge is 0.216 e. The number of hydrogen-bond donors (Lipinski definition) is 2. The van der Waals surface area contributed by atoms with Gasteiger partial charge in [0.25, 0.3) is 0 Å². The van der Waals surface area contributed by atoms with Crippen LogP contribution in [0.5, 0.6) is 11.5 Å². The van der Waals surface area contributed by atoms with Gasteiger partial charge in [-0.05, 0) is 44.0 Å². The molecule has 0 spiro atoms. The van der Waals surface area contributed by atoms with Gasteiger partial charge in [0.1, 0.15) is 5.69 Å². The maximum atomic E-state index is 10.1. The SMILES string of the molecule is CCCN1CCN(c2nn3c(NC4CCCCC4)c(-c4ccc(O)c(OC)c4)nc3s2)CC1. The molecule has 3 aromatic rings. The Labute approximate surface area is 199 Å². The number of piperazine rings is 1. The molecule has 1 saturated carbocycles. The standard InChI is InChI=1S/C24H34N6O2S/c1-3-11-28-12-14-29(15-13-28)24-27-30-22(25-18-7-5-4-6-8-18)21(26-23(30)33-24)17-9-10-19(31)20(16-17)32-2/h9-10,16,18,25,31H,3-8,11-15H2,1-2H3. The van der Waals surface area contributed by atoms with E-state index in [1.54, 1.807) is 24.5 Å². The Balaban J connectivity index is 1.48. The first-order chi connectivity index (χ1) is 16.2. The van der Waals surface area contributed by atoms with Crippen molar-refractivity contribution < 1.29 is 9.84 Å². The Morgan fingerprint density at radius 1 is 1.15 bits per heavy atom. The van der Waals surface area contributed by atoms with E-state index in [9.17, 15) is 5.11 Å². The predicted octanol–water partition coefficient (Wildman–Crippen LogP) is 4.45. The van der Waals surface area contributed by atoms with Crippen molar-refractivity contribution >= 4 is 27.2 Å². The van der Waals surface area contributed by atoms with Gasteiger partial charge in [0, 0.05) is 37.8 Å². The summed E-state index contributed by atoms with van der Waals surface area (Å²) in [6, 6.07) is 5.84. The van der Waals surface area contributed by atoms with E-state index in [1.165, 1.54) is 45.1 Å². The summed E-state index contributed by atoms with van der Waals surface area (Å²) >= 11 is 1.65. The summed E-state index contributed by atoms with van der Waals surface area (Å²) in [6.45, 7) is 7.59. The van der Waals surface area contributed by atoms with E-state index in [1.807, 2.05) is 16.6 Å². The second-order valence-electron chi connectivity index (χ2n) is 9.08. The van der Waals surface area contributed by atoms with E-state index in [2.05, 4.69) is 22.0 Å². The normalized spacial score (nSPS) is 18.2. The number of fused-ring (bicyclic) bond motifs is 1. The molecule has 0 unspecified atom stereocenters. The molecule has 8 nitrogen and oxygen atoms in total. The molecule has 9 heteroatoms. The molecule has 2 aromatic heterocycles. The minimum Gasteiger partial charge on any atom is -0.504 e. The topological polar surface area (TPSA) is 78.2 Å². The lowest BCUT2D eigenvalue weighted by atomic mass is 9.95. The first-order valence-electron chi connectivity index (χ1n) is 12.2. The van der Waals surface area contributed by atoms with Crippen LogP contribution >= 0.6 is 11.3 Å². The maximum Gasteiger partial charge on any atom is 0.216 e. The number of hydrogen-bond acceptors (Lipinski definition) is 8. The van der Waals surface area contributed by atoms with Gasteiger partial charge >= 0.3 is 0 Å².